The van der Waals surface area contributed by atoms with E-state index in [-0.39, 0.29) is 5.50 Å². The first kappa shape index (κ1) is 16.8. The van der Waals surface area contributed by atoms with Gasteiger partial charge in [0.25, 0.3) is 0 Å². The molecule has 0 aliphatic carbocycles. The van der Waals surface area contributed by atoms with Gasteiger partial charge in [0.05, 0.1) is 0 Å². The fourth-order valence-electron chi connectivity index (χ4n) is 3.37. The molecule has 2 N–H and O–H groups in total. The summed E-state index contributed by atoms with van der Waals surface area (Å²) < 4.78 is 10.9. The first-order valence-electron chi connectivity index (χ1n) is 8.86. The standard InChI is InChI=1S/C17H25N5O2S/c1-3-18-16-19-20-17(25-16)22-8-6-21(7-9-22)12(2)13-4-5-14-15(10-13)24-11-23-14/h4-5,10,12,16,18-19H,3,6-9,11H2,1-2H3. The van der Waals surface area contributed by atoms with E-state index < -0.39 is 0 Å². The third kappa shape index (κ3) is 3.51. The van der Waals surface area contributed by atoms with Gasteiger partial charge >= 0.3 is 0 Å². The lowest BCUT2D eigenvalue weighted by atomic mass is 10.1. The Morgan fingerprint density at radius 2 is 2.08 bits per heavy atom. The Morgan fingerprint density at radius 3 is 2.88 bits per heavy atom. The van der Waals surface area contributed by atoms with Gasteiger partial charge in [-0.15, -0.1) is 0 Å². The number of fused-ring (bicyclic) bond motifs is 1. The number of hydrogen-bond acceptors (Lipinski definition) is 8. The monoisotopic (exact) mass is 363 g/mol. The molecule has 8 heteroatoms. The minimum Gasteiger partial charge on any atom is -0.454 e. The van der Waals surface area contributed by atoms with Gasteiger partial charge in [0.1, 0.15) is 5.50 Å². The molecule has 0 aromatic heterocycles. The average Bonchev–Trinajstić information content (AvgIpc) is 3.30. The number of nitrogens with zero attached hydrogens (tertiary/aromatic N) is 3. The third-order valence-electron chi connectivity index (χ3n) is 4.90. The van der Waals surface area contributed by atoms with Crippen LogP contribution in [0.1, 0.15) is 25.5 Å². The molecule has 0 amide bonds. The summed E-state index contributed by atoms with van der Waals surface area (Å²) in [6, 6.07) is 6.64. The van der Waals surface area contributed by atoms with E-state index in [1.807, 2.05) is 6.07 Å². The number of amidine groups is 1. The van der Waals surface area contributed by atoms with Crippen LogP contribution in [-0.2, 0) is 0 Å². The zero-order chi connectivity index (χ0) is 17.2. The molecule has 1 fully saturated rings. The van der Waals surface area contributed by atoms with Crippen molar-refractivity contribution in [2.24, 2.45) is 5.10 Å². The molecule has 1 saturated heterocycles. The fraction of sp³-hybridized carbons (Fsp3) is 0.588. The van der Waals surface area contributed by atoms with Gasteiger partial charge in [-0.05, 0) is 42.9 Å². The quantitative estimate of drug-likeness (QED) is 0.842. The van der Waals surface area contributed by atoms with Gasteiger partial charge in [0.2, 0.25) is 6.79 Å². The Hall–Kier alpha value is -1.64. The Morgan fingerprint density at radius 1 is 1.28 bits per heavy atom. The fourth-order valence-corrected chi connectivity index (χ4v) is 4.38. The van der Waals surface area contributed by atoms with Crippen LogP contribution < -0.4 is 20.2 Å². The second-order valence-corrected chi connectivity index (χ2v) is 7.46. The maximum atomic E-state index is 5.51. The van der Waals surface area contributed by atoms with Gasteiger partial charge < -0.3 is 14.4 Å². The highest BCUT2D eigenvalue weighted by Gasteiger charge is 2.28. The van der Waals surface area contributed by atoms with Crippen LogP contribution in [0.15, 0.2) is 23.3 Å². The molecule has 25 heavy (non-hydrogen) atoms. The Kier molecular flexibility index (Phi) is 4.91. The number of ether oxygens (including phenoxy) is 2. The highest BCUT2D eigenvalue weighted by Crippen LogP contribution is 2.35. The summed E-state index contributed by atoms with van der Waals surface area (Å²) in [7, 11) is 0. The first-order chi connectivity index (χ1) is 12.2. The van der Waals surface area contributed by atoms with Crippen LogP contribution in [0, 0.1) is 0 Å². The maximum absolute atomic E-state index is 5.51. The van der Waals surface area contributed by atoms with Gasteiger partial charge in [-0.2, -0.15) is 5.10 Å². The number of hydrazone groups is 1. The lowest BCUT2D eigenvalue weighted by Crippen LogP contribution is -2.48. The van der Waals surface area contributed by atoms with Crippen molar-refractivity contribution in [3.8, 4) is 11.5 Å². The summed E-state index contributed by atoms with van der Waals surface area (Å²) in [4.78, 5) is 4.89. The predicted octanol–water partition coefficient (Wildman–Crippen LogP) is 1.59. The van der Waals surface area contributed by atoms with Crippen LogP contribution >= 0.6 is 11.8 Å². The molecular formula is C17H25N5O2S. The number of thioether (sulfide) groups is 1. The first-order valence-corrected chi connectivity index (χ1v) is 9.74. The van der Waals surface area contributed by atoms with Gasteiger partial charge in [0, 0.05) is 32.2 Å². The lowest BCUT2D eigenvalue weighted by molar-refractivity contribution is 0.142. The third-order valence-corrected chi connectivity index (χ3v) is 5.97. The number of nitrogens with one attached hydrogen (secondary N) is 2. The smallest absolute Gasteiger partial charge is 0.231 e. The van der Waals surface area contributed by atoms with E-state index >= 15 is 0 Å². The van der Waals surface area contributed by atoms with Gasteiger partial charge in [-0.1, -0.05) is 13.0 Å². The molecule has 1 aromatic carbocycles. The summed E-state index contributed by atoms with van der Waals surface area (Å²) in [5, 5.41) is 8.93. The summed E-state index contributed by atoms with van der Waals surface area (Å²) in [5.74, 6) is 1.71. The van der Waals surface area contributed by atoms with Crippen molar-refractivity contribution in [3.63, 3.8) is 0 Å². The Balaban J connectivity index is 1.33. The highest BCUT2D eigenvalue weighted by atomic mass is 32.2. The number of benzene rings is 1. The van der Waals surface area contributed by atoms with E-state index in [4.69, 9.17) is 9.47 Å². The van der Waals surface area contributed by atoms with E-state index in [0.29, 0.717) is 12.8 Å². The van der Waals surface area contributed by atoms with Crippen LogP contribution in [0.3, 0.4) is 0 Å². The van der Waals surface area contributed by atoms with Crippen LogP contribution in [-0.4, -0.2) is 60.0 Å². The van der Waals surface area contributed by atoms with Crippen LogP contribution in [0.2, 0.25) is 0 Å². The van der Waals surface area contributed by atoms with Gasteiger partial charge in [0.15, 0.2) is 16.7 Å². The molecule has 7 nitrogen and oxygen atoms in total. The largest absolute Gasteiger partial charge is 0.454 e. The van der Waals surface area contributed by atoms with Crippen molar-refractivity contribution in [1.82, 2.24) is 20.5 Å². The minimum atomic E-state index is 0.200. The van der Waals surface area contributed by atoms with E-state index in [2.05, 4.69) is 51.6 Å². The van der Waals surface area contributed by atoms with Crippen molar-refractivity contribution >= 4 is 16.9 Å². The molecule has 3 aliphatic rings. The molecule has 3 heterocycles. The van der Waals surface area contributed by atoms with Gasteiger partial charge in [-0.3, -0.25) is 15.6 Å². The molecular weight excluding hydrogens is 338 g/mol. The van der Waals surface area contributed by atoms with Crippen molar-refractivity contribution in [2.75, 3.05) is 39.5 Å². The molecule has 3 aliphatic heterocycles. The summed E-state index contributed by atoms with van der Waals surface area (Å²) >= 11 is 1.77. The molecule has 0 radical (unpaired) electrons. The molecule has 0 spiro atoms. The van der Waals surface area contributed by atoms with Crippen molar-refractivity contribution < 1.29 is 9.47 Å². The molecule has 0 bridgehead atoms. The van der Waals surface area contributed by atoms with Crippen LogP contribution in [0.25, 0.3) is 0 Å². The van der Waals surface area contributed by atoms with Crippen molar-refractivity contribution in [1.29, 1.82) is 0 Å². The highest BCUT2D eigenvalue weighted by molar-refractivity contribution is 8.14. The zero-order valence-electron chi connectivity index (χ0n) is 14.7. The Bertz CT molecular complexity index is 648. The van der Waals surface area contributed by atoms with Crippen molar-refractivity contribution in [3.05, 3.63) is 23.8 Å². The molecule has 4 rings (SSSR count). The minimum absolute atomic E-state index is 0.200. The van der Waals surface area contributed by atoms with E-state index in [0.717, 1.165) is 49.4 Å². The predicted molar refractivity (Wildman–Crippen MR) is 99.8 cm³/mol. The summed E-state index contributed by atoms with van der Waals surface area (Å²) in [6.07, 6.45) is 0. The second kappa shape index (κ2) is 7.31. The van der Waals surface area contributed by atoms with Crippen LogP contribution in [0.4, 0.5) is 0 Å². The summed E-state index contributed by atoms with van der Waals surface area (Å²) in [6.45, 7) is 9.70. The lowest BCUT2D eigenvalue weighted by Gasteiger charge is -2.38. The molecule has 2 unspecified atom stereocenters. The molecule has 2 atom stereocenters. The molecule has 136 valence electrons. The number of rotatable bonds is 4. The second-order valence-electron chi connectivity index (χ2n) is 6.39. The zero-order valence-corrected chi connectivity index (χ0v) is 15.5. The van der Waals surface area contributed by atoms with Gasteiger partial charge in [-0.25, -0.2) is 0 Å². The normalized spacial score (nSPS) is 24.2. The van der Waals surface area contributed by atoms with Crippen molar-refractivity contribution in [2.45, 2.75) is 25.4 Å². The number of piperazine rings is 1. The molecule has 0 saturated carbocycles. The Labute approximate surface area is 152 Å². The maximum Gasteiger partial charge on any atom is 0.231 e. The van der Waals surface area contributed by atoms with E-state index in [1.54, 1.807) is 11.8 Å². The topological polar surface area (TPSA) is 61.4 Å². The van der Waals surface area contributed by atoms with E-state index in [9.17, 15) is 0 Å². The average molecular weight is 363 g/mol. The van der Waals surface area contributed by atoms with Crippen LogP contribution in [0.5, 0.6) is 11.5 Å². The number of hydrogen-bond donors (Lipinski definition) is 2. The SMILES string of the molecule is CCNC1NN=C(N2CCN(C(C)c3ccc4c(c3)OCO4)CC2)S1. The van der Waals surface area contributed by atoms with E-state index in [1.165, 1.54) is 5.56 Å². The molecule has 1 aromatic rings. The summed E-state index contributed by atoms with van der Waals surface area (Å²) in [5.41, 5.74) is 4.62.